The van der Waals surface area contributed by atoms with E-state index in [0.29, 0.717) is 11.3 Å². The second-order valence-corrected chi connectivity index (χ2v) is 14.8. The van der Waals surface area contributed by atoms with Crippen LogP contribution >= 0.6 is 0 Å². The van der Waals surface area contributed by atoms with E-state index in [1.54, 1.807) is 6.42 Å². The predicted molar refractivity (Wildman–Crippen MR) is 157 cm³/mol. The van der Waals surface area contributed by atoms with Crippen molar-refractivity contribution in [1.29, 1.82) is 0 Å². The van der Waals surface area contributed by atoms with Crippen molar-refractivity contribution in [1.82, 2.24) is 15.3 Å². The lowest BCUT2D eigenvalue weighted by molar-refractivity contribution is -0.441. The maximum atomic E-state index is 6.56. The molecule has 11 unspecified atom stereocenters. The van der Waals surface area contributed by atoms with Gasteiger partial charge in [0, 0.05) is 51.9 Å². The molecule has 11 rings (SSSR count). The number of anilines is 1. The number of nitrogens with zero attached hydrogens (tertiary/aromatic N) is 1. The molecule has 0 saturated heterocycles. The molecular weight excluding hydrogens is 490 g/mol. The first-order valence-corrected chi connectivity index (χ1v) is 15.9. The average molecular weight is 528 g/mol. The smallest absolute Gasteiger partial charge is 0.104 e. The number of benzene rings is 1. The molecule has 0 radical (unpaired) electrons. The Morgan fingerprint density at radius 3 is 2.52 bits per heavy atom. The number of fused-ring (bicyclic) bond motifs is 4. The number of pyridine rings is 1. The molecule has 5 nitrogen and oxygen atoms in total. The second kappa shape index (κ2) is 6.80. The molecule has 2 spiro atoms. The van der Waals surface area contributed by atoms with Crippen LogP contribution in [0.3, 0.4) is 0 Å². The maximum Gasteiger partial charge on any atom is 0.104 e. The van der Waals surface area contributed by atoms with Crippen molar-refractivity contribution in [3.8, 4) is 0 Å². The van der Waals surface area contributed by atoms with Gasteiger partial charge in [0.05, 0.1) is 0 Å². The summed E-state index contributed by atoms with van der Waals surface area (Å²) in [5.74, 6) is 7.83. The fourth-order valence-corrected chi connectivity index (χ4v) is 13.1. The highest BCUT2D eigenvalue weighted by Gasteiger charge is 2.98. The van der Waals surface area contributed by atoms with E-state index in [1.165, 1.54) is 65.5 Å². The van der Waals surface area contributed by atoms with Crippen LogP contribution in [0.4, 0.5) is 5.69 Å². The van der Waals surface area contributed by atoms with Crippen LogP contribution < -0.4 is 16.4 Å². The Bertz CT molecular complexity index is 1670. The molecule has 40 heavy (non-hydrogen) atoms. The summed E-state index contributed by atoms with van der Waals surface area (Å²) in [4.78, 5) is 7.95. The van der Waals surface area contributed by atoms with E-state index in [4.69, 9.17) is 5.73 Å². The van der Waals surface area contributed by atoms with Crippen LogP contribution in [0.15, 0.2) is 66.6 Å². The molecule has 7 saturated carbocycles. The number of aromatic amines is 1. The zero-order valence-corrected chi connectivity index (χ0v) is 22.8. The van der Waals surface area contributed by atoms with E-state index in [-0.39, 0.29) is 6.17 Å². The average Bonchev–Trinajstić information content (AvgIpc) is 3.60. The van der Waals surface area contributed by atoms with E-state index in [2.05, 4.69) is 63.1 Å². The van der Waals surface area contributed by atoms with Gasteiger partial charge in [0.25, 0.3) is 0 Å². The van der Waals surface area contributed by atoms with Gasteiger partial charge >= 0.3 is 0 Å². The third-order valence-corrected chi connectivity index (χ3v) is 14.0. The number of nitrogens with one attached hydrogen (secondary N) is 3. The molecule has 11 atom stereocenters. The van der Waals surface area contributed by atoms with Crippen molar-refractivity contribution in [3.63, 3.8) is 0 Å². The fourth-order valence-electron chi connectivity index (χ4n) is 13.1. The minimum absolute atomic E-state index is 0.107. The molecule has 2 aromatic heterocycles. The summed E-state index contributed by atoms with van der Waals surface area (Å²) in [6.45, 7) is 0. The van der Waals surface area contributed by atoms with Gasteiger partial charge in [-0.05, 0) is 151 Å². The largest absolute Gasteiger partial charge is 0.404 e. The van der Waals surface area contributed by atoms with Gasteiger partial charge in [0.2, 0.25) is 0 Å². The lowest BCUT2D eigenvalue weighted by atomic mass is 9.13. The number of nitrogens with two attached hydrogens (primary N) is 1. The van der Waals surface area contributed by atoms with Crippen molar-refractivity contribution >= 4 is 22.3 Å². The molecule has 5 N–H and O–H groups in total. The van der Waals surface area contributed by atoms with Crippen LogP contribution in [-0.2, 0) is 0 Å². The van der Waals surface area contributed by atoms with Crippen LogP contribution in [-0.4, -0.2) is 16.1 Å². The Labute approximate surface area is 235 Å². The zero-order chi connectivity index (χ0) is 26.0. The number of aromatic nitrogens is 2. The lowest BCUT2D eigenvalue weighted by Crippen LogP contribution is -2.87. The third-order valence-electron chi connectivity index (χ3n) is 14.0. The molecule has 8 aliphatic rings. The number of H-pyrrole nitrogens is 1. The minimum Gasteiger partial charge on any atom is -0.404 e. The van der Waals surface area contributed by atoms with Gasteiger partial charge < -0.3 is 21.4 Å². The summed E-state index contributed by atoms with van der Waals surface area (Å²) in [7, 11) is 0. The third kappa shape index (κ3) is 2.15. The first kappa shape index (κ1) is 21.5. The van der Waals surface area contributed by atoms with E-state index in [1.807, 2.05) is 18.6 Å². The fraction of sp³-hybridized carbons (Fsp3) is 0.514. The first-order valence-electron chi connectivity index (χ1n) is 15.9. The number of allylic oxidation sites excluding steroid dienone is 1. The van der Waals surface area contributed by atoms with Gasteiger partial charge in [-0.15, -0.1) is 0 Å². The predicted octanol–water partition coefficient (Wildman–Crippen LogP) is 6.21. The number of rotatable bonds is 5. The molecule has 1 aliphatic heterocycles. The minimum atomic E-state index is 0.107. The quantitative estimate of drug-likeness (QED) is 0.318. The maximum absolute atomic E-state index is 6.56. The second-order valence-electron chi connectivity index (χ2n) is 14.8. The van der Waals surface area contributed by atoms with Crippen molar-refractivity contribution in [3.05, 3.63) is 77.9 Å². The zero-order valence-electron chi connectivity index (χ0n) is 22.8. The summed E-state index contributed by atoms with van der Waals surface area (Å²) in [6, 6.07) is 13.5. The Balaban J connectivity index is 1.02. The van der Waals surface area contributed by atoms with Crippen LogP contribution in [0.2, 0.25) is 0 Å². The molecule has 5 heteroatoms. The molecule has 7 aliphatic carbocycles. The summed E-state index contributed by atoms with van der Waals surface area (Å²) in [5, 5.41) is 9.41. The molecule has 202 valence electrons. The topological polar surface area (TPSA) is 78.8 Å². The molecule has 7 fully saturated rings. The van der Waals surface area contributed by atoms with E-state index in [9.17, 15) is 0 Å². The summed E-state index contributed by atoms with van der Waals surface area (Å²) < 4.78 is 0. The van der Waals surface area contributed by atoms with Crippen LogP contribution in [0.1, 0.15) is 55.7 Å². The monoisotopic (exact) mass is 527 g/mol. The van der Waals surface area contributed by atoms with E-state index >= 15 is 0 Å². The van der Waals surface area contributed by atoms with Gasteiger partial charge in [-0.3, -0.25) is 4.98 Å². The van der Waals surface area contributed by atoms with Gasteiger partial charge in [0.1, 0.15) is 6.17 Å². The molecule has 2 bridgehead atoms. The van der Waals surface area contributed by atoms with E-state index < -0.39 is 0 Å². The highest BCUT2D eigenvalue weighted by molar-refractivity contribution is 5.84. The standard InChI is InChI=1S/C35H37N5/c36-16-20-11-30(18-5-7-37-8-6-18)40-33(38-23-3-4-28-19(9-23)10-29(39-28)17-1-2-17)31(20)32-24-12-21-14-27-26-15-22-13-25(24)34(22,26)35(21,27)32/h3-11,16-17,21-22,24-27,31-33,38-40H,1-2,12-15,36H2/b20-16-. The normalized spacial score (nSPS) is 47.2. The Morgan fingerprint density at radius 1 is 0.925 bits per heavy atom. The van der Waals surface area contributed by atoms with Crippen LogP contribution in [0, 0.1) is 58.2 Å². The summed E-state index contributed by atoms with van der Waals surface area (Å²) >= 11 is 0. The lowest BCUT2D eigenvalue weighted by Gasteiger charge is -2.91. The molecule has 3 aromatic rings. The van der Waals surface area contributed by atoms with Crippen molar-refractivity contribution in [2.45, 2.75) is 50.6 Å². The van der Waals surface area contributed by atoms with Crippen molar-refractivity contribution in [2.24, 2.45) is 63.9 Å². The highest BCUT2D eigenvalue weighted by atomic mass is 15.2. The van der Waals surface area contributed by atoms with Gasteiger partial charge in [0.15, 0.2) is 0 Å². The molecule has 0 amide bonds. The van der Waals surface area contributed by atoms with Crippen molar-refractivity contribution < 1.29 is 0 Å². The molecule has 1 aromatic carbocycles. The van der Waals surface area contributed by atoms with Gasteiger partial charge in [-0.1, -0.05) is 0 Å². The van der Waals surface area contributed by atoms with Crippen LogP contribution in [0.5, 0.6) is 0 Å². The summed E-state index contributed by atoms with van der Waals surface area (Å²) in [6.07, 6.45) is 16.9. The van der Waals surface area contributed by atoms with Gasteiger partial charge in [-0.25, -0.2) is 0 Å². The SMILES string of the molecule is N/C=C1/C=C(c2ccncc2)NC(Nc2ccc3[nH]c(C4CC4)cc3c2)C1C1C2CC3CC4C5CC6CC2C65C341. The Kier molecular flexibility index (Phi) is 3.66. The van der Waals surface area contributed by atoms with Crippen LogP contribution in [0.25, 0.3) is 16.6 Å². The Morgan fingerprint density at radius 2 is 1.73 bits per heavy atom. The molecule has 3 heterocycles. The van der Waals surface area contributed by atoms with Crippen molar-refractivity contribution in [2.75, 3.05) is 5.32 Å². The number of hydrogen-bond acceptors (Lipinski definition) is 4. The highest BCUT2D eigenvalue weighted by Crippen LogP contribution is 3.02. The Hall–Kier alpha value is -3.21. The first-order chi connectivity index (χ1) is 19.7. The molecular formula is C35H37N5. The van der Waals surface area contributed by atoms with Gasteiger partial charge in [-0.2, -0.15) is 0 Å². The van der Waals surface area contributed by atoms with E-state index in [0.717, 1.165) is 58.5 Å². The number of hydrogen-bond donors (Lipinski definition) is 4. The summed E-state index contributed by atoms with van der Waals surface area (Å²) in [5.41, 5.74) is 15.4.